The quantitative estimate of drug-likeness (QED) is 0.359. The number of aromatic amines is 1. The Balaban J connectivity index is 1.83. The van der Waals surface area contributed by atoms with Crippen molar-refractivity contribution in [2.45, 2.75) is 20.8 Å². The second-order valence-electron chi connectivity index (χ2n) is 6.63. The molecule has 0 saturated carbocycles. The topological polar surface area (TPSA) is 94.1 Å². The van der Waals surface area contributed by atoms with Crippen LogP contribution in [0, 0.1) is 43.4 Å². The van der Waals surface area contributed by atoms with E-state index < -0.39 is 0 Å². The molecule has 0 aromatic carbocycles. The van der Waals surface area contributed by atoms with E-state index in [-0.39, 0.29) is 0 Å². The van der Waals surface area contributed by atoms with E-state index in [1.54, 1.807) is 29.7 Å². The third-order valence-corrected chi connectivity index (χ3v) is 5.88. The number of imidazole rings is 1. The summed E-state index contributed by atoms with van der Waals surface area (Å²) in [5.74, 6) is 0.459. The Bertz CT molecular complexity index is 1370. The number of nitrogens with one attached hydrogen (secondary N) is 1. The van der Waals surface area contributed by atoms with Crippen LogP contribution in [0.15, 0.2) is 24.4 Å². The maximum Gasteiger partial charge on any atom is 0.149 e. The van der Waals surface area contributed by atoms with Crippen molar-refractivity contribution in [3.63, 3.8) is 0 Å². The Morgan fingerprint density at radius 2 is 2.03 bits per heavy atom. The third kappa shape index (κ3) is 3.31. The number of rotatable bonds is 3. The number of thiophene rings is 1. The second-order valence-corrected chi connectivity index (χ2v) is 8.25. The van der Waals surface area contributed by atoms with Crippen LogP contribution < -0.4 is 0 Å². The van der Waals surface area contributed by atoms with E-state index >= 15 is 0 Å². The predicted octanol–water partition coefficient (Wildman–Crippen LogP) is 5.32. The third-order valence-electron chi connectivity index (χ3n) is 4.64. The first-order valence-corrected chi connectivity index (χ1v) is 9.94. The van der Waals surface area contributed by atoms with Crippen molar-refractivity contribution in [3.8, 4) is 17.1 Å². The molecule has 0 aliphatic carbocycles. The molecule has 29 heavy (non-hydrogen) atoms. The van der Waals surface area contributed by atoms with Gasteiger partial charge in [0.05, 0.1) is 28.4 Å². The fraction of sp³-hybridized carbons (Fsp3) is 0.143. The molecule has 0 bridgehead atoms. The standard InChI is InChI=1S/C21H15ClN6S/c1-11-4-14(13(3)28(11)21-16(9-24)5-12(2)29-21)6-15(8-23)20-26-17-7-19(22)25-10-18(17)27-20/h4-7,10H,1-3H3,(H,26,27)/b15-6+. The van der Waals surface area contributed by atoms with Crippen LogP contribution in [0.5, 0.6) is 0 Å². The smallest absolute Gasteiger partial charge is 0.149 e. The van der Waals surface area contributed by atoms with Crippen LogP contribution in [-0.4, -0.2) is 19.5 Å². The van der Waals surface area contributed by atoms with Gasteiger partial charge in [-0.05, 0) is 44.5 Å². The second kappa shape index (κ2) is 7.21. The van der Waals surface area contributed by atoms with Crippen molar-refractivity contribution in [2.24, 2.45) is 0 Å². The average molecular weight is 419 g/mol. The van der Waals surface area contributed by atoms with Crippen LogP contribution in [-0.2, 0) is 0 Å². The Hall–Kier alpha value is -3.39. The number of pyridine rings is 1. The number of hydrogen-bond donors (Lipinski definition) is 1. The van der Waals surface area contributed by atoms with Gasteiger partial charge in [-0.3, -0.25) is 0 Å². The molecule has 0 unspecified atom stereocenters. The number of allylic oxidation sites excluding steroid dienone is 1. The molecule has 0 radical (unpaired) electrons. The number of aryl methyl sites for hydroxylation is 2. The van der Waals surface area contributed by atoms with Gasteiger partial charge in [-0.2, -0.15) is 10.5 Å². The minimum absolute atomic E-state index is 0.348. The van der Waals surface area contributed by atoms with Crippen LogP contribution in [0.1, 0.15) is 33.2 Å². The van der Waals surface area contributed by atoms with Crippen molar-refractivity contribution >= 4 is 45.6 Å². The van der Waals surface area contributed by atoms with Gasteiger partial charge in [-0.1, -0.05) is 11.6 Å². The zero-order valence-corrected chi connectivity index (χ0v) is 17.5. The van der Waals surface area contributed by atoms with E-state index in [4.69, 9.17) is 11.6 Å². The molecule has 0 aliphatic heterocycles. The number of halogens is 1. The number of hydrogen-bond acceptors (Lipinski definition) is 5. The lowest BCUT2D eigenvalue weighted by Crippen LogP contribution is -1.98. The normalized spacial score (nSPS) is 11.6. The molecule has 1 N–H and O–H groups in total. The molecule has 0 saturated heterocycles. The summed E-state index contributed by atoms with van der Waals surface area (Å²) in [6.07, 6.45) is 3.40. The van der Waals surface area contributed by atoms with Gasteiger partial charge >= 0.3 is 0 Å². The van der Waals surface area contributed by atoms with Crippen molar-refractivity contribution in [1.82, 2.24) is 19.5 Å². The Labute approximate surface area is 176 Å². The molecule has 0 fully saturated rings. The van der Waals surface area contributed by atoms with Gasteiger partial charge in [0, 0.05) is 22.3 Å². The monoisotopic (exact) mass is 418 g/mol. The van der Waals surface area contributed by atoms with Crippen LogP contribution in [0.25, 0.3) is 27.7 Å². The highest BCUT2D eigenvalue weighted by molar-refractivity contribution is 7.14. The van der Waals surface area contributed by atoms with E-state index in [0.29, 0.717) is 33.1 Å². The van der Waals surface area contributed by atoms with E-state index in [0.717, 1.165) is 26.8 Å². The summed E-state index contributed by atoms with van der Waals surface area (Å²) in [5, 5.41) is 20.4. The lowest BCUT2D eigenvalue weighted by atomic mass is 10.1. The molecule has 4 aromatic heterocycles. The van der Waals surface area contributed by atoms with E-state index in [9.17, 15) is 10.5 Å². The summed E-state index contributed by atoms with van der Waals surface area (Å²) in [6.45, 7) is 5.95. The highest BCUT2D eigenvalue weighted by Gasteiger charge is 2.17. The minimum atomic E-state index is 0.348. The minimum Gasteiger partial charge on any atom is -0.336 e. The molecule has 0 atom stereocenters. The molecule has 4 aromatic rings. The van der Waals surface area contributed by atoms with Gasteiger partial charge in [-0.15, -0.1) is 11.3 Å². The molecule has 4 heterocycles. The predicted molar refractivity (Wildman–Crippen MR) is 115 cm³/mol. The first kappa shape index (κ1) is 18.9. The zero-order chi connectivity index (χ0) is 20.7. The molecule has 0 amide bonds. The van der Waals surface area contributed by atoms with Crippen molar-refractivity contribution in [2.75, 3.05) is 0 Å². The van der Waals surface area contributed by atoms with Gasteiger partial charge in [-0.25, -0.2) is 9.97 Å². The van der Waals surface area contributed by atoms with Gasteiger partial charge in [0.1, 0.15) is 28.1 Å². The number of H-pyrrole nitrogens is 1. The highest BCUT2D eigenvalue weighted by Crippen LogP contribution is 2.31. The summed E-state index contributed by atoms with van der Waals surface area (Å²) in [7, 11) is 0. The van der Waals surface area contributed by atoms with E-state index in [2.05, 4.69) is 31.7 Å². The first-order valence-electron chi connectivity index (χ1n) is 8.74. The van der Waals surface area contributed by atoms with Crippen LogP contribution in [0.2, 0.25) is 5.15 Å². The fourth-order valence-corrected chi connectivity index (χ4v) is 4.54. The molecule has 6 nitrogen and oxygen atoms in total. The number of nitriles is 2. The lowest BCUT2D eigenvalue weighted by Gasteiger charge is -2.07. The summed E-state index contributed by atoms with van der Waals surface area (Å²) in [6, 6.07) is 10.0. The molecule has 142 valence electrons. The molecule has 8 heteroatoms. The van der Waals surface area contributed by atoms with Gasteiger partial charge in [0.25, 0.3) is 0 Å². The number of fused-ring (bicyclic) bond motifs is 1. The van der Waals surface area contributed by atoms with Crippen LogP contribution >= 0.6 is 22.9 Å². The molecule has 0 spiro atoms. The molecule has 0 aliphatic rings. The Morgan fingerprint density at radius 3 is 2.76 bits per heavy atom. The van der Waals surface area contributed by atoms with E-state index in [1.807, 2.05) is 32.9 Å². The maximum absolute atomic E-state index is 9.72. The maximum atomic E-state index is 9.72. The van der Waals surface area contributed by atoms with Crippen molar-refractivity contribution in [3.05, 3.63) is 62.8 Å². The average Bonchev–Trinajstić information content (AvgIpc) is 3.34. The van der Waals surface area contributed by atoms with Crippen molar-refractivity contribution < 1.29 is 0 Å². The van der Waals surface area contributed by atoms with Gasteiger partial charge < -0.3 is 9.55 Å². The molecular weight excluding hydrogens is 404 g/mol. The SMILES string of the molecule is Cc1cc(C#N)c(-n2c(C)cc(/C=C(\C#N)c3nc4cc(Cl)ncc4[nH]3)c2C)s1. The first-order chi connectivity index (χ1) is 13.9. The lowest BCUT2D eigenvalue weighted by molar-refractivity contribution is 0.981. The summed E-state index contributed by atoms with van der Waals surface area (Å²) in [5.41, 5.74) is 5.25. The summed E-state index contributed by atoms with van der Waals surface area (Å²) in [4.78, 5) is 12.7. The largest absolute Gasteiger partial charge is 0.336 e. The number of nitrogens with zero attached hydrogens (tertiary/aromatic N) is 5. The Kier molecular flexibility index (Phi) is 4.71. The van der Waals surface area contributed by atoms with E-state index in [1.165, 1.54) is 0 Å². The van der Waals surface area contributed by atoms with Crippen LogP contribution in [0.3, 0.4) is 0 Å². The summed E-state index contributed by atoms with van der Waals surface area (Å²) >= 11 is 7.50. The Morgan fingerprint density at radius 1 is 1.24 bits per heavy atom. The highest BCUT2D eigenvalue weighted by atomic mass is 35.5. The molecule has 4 rings (SSSR count). The fourth-order valence-electron chi connectivity index (χ4n) is 3.32. The van der Waals surface area contributed by atoms with Crippen molar-refractivity contribution in [1.29, 1.82) is 10.5 Å². The summed E-state index contributed by atoms with van der Waals surface area (Å²) < 4.78 is 2.05. The van der Waals surface area contributed by atoms with Crippen LogP contribution in [0.4, 0.5) is 0 Å². The van der Waals surface area contributed by atoms with Gasteiger partial charge in [0.2, 0.25) is 0 Å². The number of aromatic nitrogens is 4. The molecular formula is C21H15ClN6S. The zero-order valence-electron chi connectivity index (χ0n) is 15.9. The van der Waals surface area contributed by atoms with Gasteiger partial charge in [0.15, 0.2) is 0 Å².